The number of rotatable bonds is 4. The summed E-state index contributed by atoms with van der Waals surface area (Å²) >= 11 is 1.19. The second kappa shape index (κ2) is 5.50. The Labute approximate surface area is 108 Å². The summed E-state index contributed by atoms with van der Waals surface area (Å²) in [5.74, 6) is -0.394. The Morgan fingerprint density at radius 2 is 2.06 bits per heavy atom. The van der Waals surface area contributed by atoms with Crippen LogP contribution in [0.1, 0.15) is 10.4 Å². The number of ether oxygens (including phenoxy) is 1. The van der Waals surface area contributed by atoms with Crippen LogP contribution in [0.4, 0.5) is 0 Å². The summed E-state index contributed by atoms with van der Waals surface area (Å²) in [5.41, 5.74) is 0.202. The van der Waals surface area contributed by atoms with E-state index < -0.39 is 5.97 Å². The smallest absolute Gasteiger partial charge is 0.336 e. The highest BCUT2D eigenvalue weighted by atomic mass is 32.2. The number of benzene rings is 1. The van der Waals surface area contributed by atoms with Crippen molar-refractivity contribution in [3.63, 3.8) is 0 Å². The first kappa shape index (κ1) is 12.4. The van der Waals surface area contributed by atoms with Crippen LogP contribution >= 0.6 is 11.8 Å². The summed E-state index contributed by atoms with van der Waals surface area (Å²) in [5, 5.41) is 9.61. The minimum Gasteiger partial charge on any atom is -0.497 e. The van der Waals surface area contributed by atoms with Crippen molar-refractivity contribution in [2.75, 3.05) is 7.11 Å². The van der Waals surface area contributed by atoms with Crippen molar-refractivity contribution in [2.24, 2.45) is 0 Å². The Balaban J connectivity index is 2.38. The molecule has 92 valence electrons. The molecule has 1 heterocycles. The van der Waals surface area contributed by atoms with Crippen molar-refractivity contribution in [2.45, 2.75) is 10.1 Å². The van der Waals surface area contributed by atoms with Crippen LogP contribution in [-0.4, -0.2) is 28.2 Å². The lowest BCUT2D eigenvalue weighted by Crippen LogP contribution is -1.99. The van der Waals surface area contributed by atoms with Crippen molar-refractivity contribution in [3.8, 4) is 5.75 Å². The second-order valence-electron chi connectivity index (χ2n) is 3.30. The quantitative estimate of drug-likeness (QED) is 0.853. The molecule has 18 heavy (non-hydrogen) atoms. The number of aromatic nitrogens is 2. The van der Waals surface area contributed by atoms with Crippen LogP contribution in [-0.2, 0) is 0 Å². The first-order valence-electron chi connectivity index (χ1n) is 5.07. The Kier molecular flexibility index (Phi) is 3.78. The van der Waals surface area contributed by atoms with Crippen LogP contribution in [0.5, 0.6) is 5.75 Å². The van der Waals surface area contributed by atoms with Gasteiger partial charge in [-0.2, -0.15) is 0 Å². The number of hydrogen-bond acceptors (Lipinski definition) is 5. The third kappa shape index (κ3) is 2.78. The lowest BCUT2D eigenvalue weighted by Gasteiger charge is -2.07. The molecule has 0 unspecified atom stereocenters. The van der Waals surface area contributed by atoms with Crippen molar-refractivity contribution in [3.05, 3.63) is 42.2 Å². The summed E-state index contributed by atoms with van der Waals surface area (Å²) in [6.45, 7) is 0. The highest BCUT2D eigenvalue weighted by Gasteiger charge is 2.13. The molecule has 6 heteroatoms. The maximum Gasteiger partial charge on any atom is 0.336 e. The third-order valence-corrected chi connectivity index (χ3v) is 3.11. The van der Waals surface area contributed by atoms with Crippen LogP contribution in [0.25, 0.3) is 0 Å². The lowest BCUT2D eigenvalue weighted by atomic mass is 10.2. The summed E-state index contributed by atoms with van der Waals surface area (Å²) in [4.78, 5) is 19.8. The number of carboxylic acid groups (broad SMARTS) is 1. The highest BCUT2D eigenvalue weighted by Crippen LogP contribution is 2.30. The fraction of sp³-hybridized carbons (Fsp3) is 0.0833. The van der Waals surface area contributed by atoms with E-state index in [9.17, 15) is 4.79 Å². The van der Waals surface area contributed by atoms with Crippen molar-refractivity contribution < 1.29 is 14.6 Å². The molecule has 2 aromatic rings. The molecule has 0 aliphatic heterocycles. The number of nitrogens with zero attached hydrogens (tertiary/aromatic N) is 2. The van der Waals surface area contributed by atoms with E-state index in [4.69, 9.17) is 9.84 Å². The fourth-order valence-electron chi connectivity index (χ4n) is 1.33. The maximum absolute atomic E-state index is 11.1. The van der Waals surface area contributed by atoms with Gasteiger partial charge < -0.3 is 9.84 Å². The number of methoxy groups -OCH3 is 1. The summed E-state index contributed by atoms with van der Waals surface area (Å²) in [7, 11) is 1.53. The highest BCUT2D eigenvalue weighted by molar-refractivity contribution is 7.99. The van der Waals surface area contributed by atoms with Gasteiger partial charge in [-0.05, 0) is 36.0 Å². The summed E-state index contributed by atoms with van der Waals surface area (Å²) < 4.78 is 5.08. The molecule has 0 spiro atoms. The van der Waals surface area contributed by atoms with Crippen molar-refractivity contribution in [1.82, 2.24) is 9.97 Å². The first-order chi connectivity index (χ1) is 8.70. The molecule has 0 aliphatic carbocycles. The van der Waals surface area contributed by atoms with Gasteiger partial charge in [-0.15, -0.1) is 0 Å². The van der Waals surface area contributed by atoms with E-state index in [2.05, 4.69) is 9.97 Å². The van der Waals surface area contributed by atoms with Gasteiger partial charge >= 0.3 is 5.97 Å². The van der Waals surface area contributed by atoms with Gasteiger partial charge in [0.15, 0.2) is 5.16 Å². The lowest BCUT2D eigenvalue weighted by molar-refractivity contribution is 0.0693. The van der Waals surface area contributed by atoms with Gasteiger partial charge in [0.2, 0.25) is 0 Å². The van der Waals surface area contributed by atoms with Crippen LogP contribution in [0.3, 0.4) is 0 Å². The zero-order valence-corrected chi connectivity index (χ0v) is 10.3. The number of hydrogen-bond donors (Lipinski definition) is 1. The molecule has 0 saturated heterocycles. The Morgan fingerprint density at radius 1 is 1.33 bits per heavy atom. The van der Waals surface area contributed by atoms with Gasteiger partial charge in [0.25, 0.3) is 0 Å². The molecule has 2 rings (SSSR count). The van der Waals surface area contributed by atoms with E-state index in [0.717, 1.165) is 0 Å². The average molecular weight is 262 g/mol. The van der Waals surface area contributed by atoms with Crippen molar-refractivity contribution >= 4 is 17.7 Å². The monoisotopic (exact) mass is 262 g/mol. The Hall–Kier alpha value is -2.08. The predicted octanol–water partition coefficient (Wildman–Crippen LogP) is 2.33. The number of aromatic carboxylic acids is 1. The molecule has 5 nitrogen and oxygen atoms in total. The molecule has 0 fully saturated rings. The van der Waals surface area contributed by atoms with Gasteiger partial charge in [0, 0.05) is 17.3 Å². The standard InChI is InChI=1S/C12H10N2O3S/c1-17-8-3-4-9(11(15)16)10(7-8)18-12-13-5-2-6-14-12/h2-7H,1H3,(H,15,16). The minimum absolute atomic E-state index is 0.202. The molecular weight excluding hydrogens is 252 g/mol. The zero-order chi connectivity index (χ0) is 13.0. The van der Waals surface area contributed by atoms with E-state index in [0.29, 0.717) is 15.8 Å². The molecular formula is C12H10N2O3S. The number of carbonyl (C=O) groups is 1. The van der Waals surface area contributed by atoms with E-state index in [1.54, 1.807) is 30.6 Å². The second-order valence-corrected chi connectivity index (χ2v) is 4.31. The topological polar surface area (TPSA) is 72.3 Å². The largest absolute Gasteiger partial charge is 0.497 e. The summed E-state index contributed by atoms with van der Waals surface area (Å²) in [6, 6.07) is 6.48. The molecule has 1 aromatic carbocycles. The van der Waals surface area contributed by atoms with Gasteiger partial charge in [-0.3, -0.25) is 0 Å². The van der Waals surface area contributed by atoms with Crippen LogP contribution < -0.4 is 4.74 Å². The Morgan fingerprint density at radius 3 is 2.67 bits per heavy atom. The molecule has 1 N–H and O–H groups in total. The predicted molar refractivity (Wildman–Crippen MR) is 66.1 cm³/mol. The Bertz CT molecular complexity index is 561. The summed E-state index contributed by atoms with van der Waals surface area (Å²) in [6.07, 6.45) is 3.21. The van der Waals surface area contributed by atoms with Crippen molar-refractivity contribution in [1.29, 1.82) is 0 Å². The number of carboxylic acids is 1. The maximum atomic E-state index is 11.1. The van der Waals surface area contributed by atoms with E-state index in [1.165, 1.54) is 24.9 Å². The van der Waals surface area contributed by atoms with Crippen LogP contribution in [0.15, 0.2) is 46.7 Å². The van der Waals surface area contributed by atoms with Gasteiger partial charge in [-0.1, -0.05) is 0 Å². The normalized spacial score (nSPS) is 10.1. The molecule has 0 bridgehead atoms. The minimum atomic E-state index is -0.990. The van der Waals surface area contributed by atoms with Gasteiger partial charge in [0.1, 0.15) is 5.75 Å². The molecule has 0 atom stereocenters. The first-order valence-corrected chi connectivity index (χ1v) is 5.88. The van der Waals surface area contributed by atoms with Gasteiger partial charge in [-0.25, -0.2) is 14.8 Å². The van der Waals surface area contributed by atoms with Crippen LogP contribution in [0.2, 0.25) is 0 Å². The molecule has 0 radical (unpaired) electrons. The van der Waals surface area contributed by atoms with E-state index >= 15 is 0 Å². The van der Waals surface area contributed by atoms with E-state index in [1.807, 2.05) is 0 Å². The van der Waals surface area contributed by atoms with Crippen LogP contribution in [0, 0.1) is 0 Å². The fourth-order valence-corrected chi connectivity index (χ4v) is 2.19. The van der Waals surface area contributed by atoms with E-state index in [-0.39, 0.29) is 5.56 Å². The molecule has 0 amide bonds. The molecule has 0 aliphatic rings. The third-order valence-electron chi connectivity index (χ3n) is 2.16. The van der Waals surface area contributed by atoms with Gasteiger partial charge in [0.05, 0.1) is 12.7 Å². The zero-order valence-electron chi connectivity index (χ0n) is 9.53. The SMILES string of the molecule is COc1ccc(C(=O)O)c(Sc2ncccn2)c1. The molecule has 0 saturated carbocycles. The average Bonchev–Trinajstić information content (AvgIpc) is 2.39. The molecule has 1 aromatic heterocycles.